The number of nitrogens with zero attached hydrogens (tertiary/aromatic N) is 3. The van der Waals surface area contributed by atoms with E-state index in [2.05, 4.69) is 8.75 Å². The highest BCUT2D eigenvalue weighted by Gasteiger charge is 2.49. The van der Waals surface area contributed by atoms with E-state index in [9.17, 15) is 9.18 Å². The number of benzene rings is 1. The number of alkyl halides is 2. The Morgan fingerprint density at radius 3 is 3.00 bits per heavy atom. The predicted octanol–water partition coefficient (Wildman–Crippen LogP) is 2.82. The van der Waals surface area contributed by atoms with Crippen LogP contribution in [0, 0.1) is 0 Å². The van der Waals surface area contributed by atoms with Gasteiger partial charge in [0.05, 0.1) is 17.9 Å². The van der Waals surface area contributed by atoms with Crippen molar-refractivity contribution in [1.29, 1.82) is 0 Å². The van der Waals surface area contributed by atoms with Gasteiger partial charge < -0.3 is 5.73 Å². The fourth-order valence-electron chi connectivity index (χ4n) is 2.75. The Balaban J connectivity index is 1.96. The first-order valence-corrected chi connectivity index (χ1v) is 8.33. The molecule has 2 atom stereocenters. The number of hydrogen-bond acceptors (Lipinski definition) is 5. The summed E-state index contributed by atoms with van der Waals surface area (Å²) in [6.45, 7) is 0.272. The van der Waals surface area contributed by atoms with E-state index in [4.69, 9.17) is 28.9 Å². The molecule has 5 nitrogen and oxygen atoms in total. The Labute approximate surface area is 146 Å². The number of amides is 1. The number of carbonyl (C=O) groups excluding carboxylic acids is 1. The van der Waals surface area contributed by atoms with Crippen molar-refractivity contribution >= 4 is 40.8 Å². The van der Waals surface area contributed by atoms with Crippen molar-refractivity contribution in [3.63, 3.8) is 0 Å². The first-order valence-electron chi connectivity index (χ1n) is 6.84. The molecule has 3 rings (SSSR count). The summed E-state index contributed by atoms with van der Waals surface area (Å²) in [7, 11) is 0. The van der Waals surface area contributed by atoms with Crippen LogP contribution in [0.2, 0.25) is 5.02 Å². The molecule has 1 aromatic heterocycles. The number of aromatic nitrogens is 2. The van der Waals surface area contributed by atoms with Crippen LogP contribution in [0.5, 0.6) is 0 Å². The molecule has 0 aliphatic carbocycles. The van der Waals surface area contributed by atoms with Gasteiger partial charge in [0.2, 0.25) is 0 Å². The largest absolute Gasteiger partial charge is 0.367 e. The minimum absolute atomic E-state index is 0.0354. The molecule has 0 saturated carbocycles. The summed E-state index contributed by atoms with van der Waals surface area (Å²) in [5, 5.41) is 0.530. The molecule has 1 amide bonds. The summed E-state index contributed by atoms with van der Waals surface area (Å²) in [5.74, 6) is -0.752. The summed E-state index contributed by atoms with van der Waals surface area (Å²) < 4.78 is 22.0. The van der Waals surface area contributed by atoms with Gasteiger partial charge in [-0.2, -0.15) is 8.75 Å². The van der Waals surface area contributed by atoms with Crippen molar-refractivity contribution in [3.05, 3.63) is 35.0 Å². The van der Waals surface area contributed by atoms with Crippen molar-refractivity contribution in [2.75, 3.05) is 6.54 Å². The first-order chi connectivity index (χ1) is 10.9. The van der Waals surface area contributed by atoms with Crippen molar-refractivity contribution in [3.8, 4) is 11.3 Å². The second-order valence-corrected chi connectivity index (χ2v) is 7.02. The van der Waals surface area contributed by atoms with Crippen LogP contribution < -0.4 is 5.73 Å². The molecule has 1 aliphatic rings. The van der Waals surface area contributed by atoms with Crippen LogP contribution in [0.15, 0.2) is 24.4 Å². The normalized spacial score (nSPS) is 24.9. The molecular weight excluding hydrogens is 362 g/mol. The zero-order chi connectivity index (χ0) is 16.6. The third-order valence-electron chi connectivity index (χ3n) is 3.86. The van der Waals surface area contributed by atoms with E-state index in [0.29, 0.717) is 10.7 Å². The Morgan fingerprint density at radius 2 is 2.35 bits per heavy atom. The van der Waals surface area contributed by atoms with Gasteiger partial charge in [-0.3, -0.25) is 9.69 Å². The van der Waals surface area contributed by atoms with E-state index in [0.717, 1.165) is 22.9 Å². The van der Waals surface area contributed by atoms with Crippen molar-refractivity contribution in [2.24, 2.45) is 5.73 Å². The molecule has 0 spiro atoms. The Kier molecular flexibility index (Phi) is 4.55. The molecule has 2 aromatic rings. The van der Waals surface area contributed by atoms with Crippen LogP contribution in [0.3, 0.4) is 0 Å². The monoisotopic (exact) mass is 374 g/mol. The van der Waals surface area contributed by atoms with Gasteiger partial charge >= 0.3 is 0 Å². The maximum atomic E-state index is 13.8. The predicted molar refractivity (Wildman–Crippen MR) is 88.1 cm³/mol. The van der Waals surface area contributed by atoms with Crippen LogP contribution in [0.25, 0.3) is 11.3 Å². The lowest BCUT2D eigenvalue weighted by molar-refractivity contribution is -0.124. The number of hydrogen-bond donors (Lipinski definition) is 1. The van der Waals surface area contributed by atoms with Gasteiger partial charge in [-0.25, -0.2) is 4.39 Å². The maximum absolute atomic E-state index is 13.8. The van der Waals surface area contributed by atoms with E-state index < -0.39 is 17.1 Å². The van der Waals surface area contributed by atoms with E-state index >= 15 is 0 Å². The second kappa shape index (κ2) is 6.32. The summed E-state index contributed by atoms with van der Waals surface area (Å²) >= 11 is 13.4. The number of halogens is 3. The van der Waals surface area contributed by atoms with Gasteiger partial charge in [0.15, 0.2) is 5.00 Å². The van der Waals surface area contributed by atoms with E-state index in [1.165, 1.54) is 4.90 Å². The summed E-state index contributed by atoms with van der Waals surface area (Å²) in [6.07, 6.45) is 0.308. The topological polar surface area (TPSA) is 72.1 Å². The summed E-state index contributed by atoms with van der Waals surface area (Å²) in [6, 6.07) is 5.31. The fourth-order valence-corrected chi connectivity index (χ4v) is 3.67. The first kappa shape index (κ1) is 16.6. The summed E-state index contributed by atoms with van der Waals surface area (Å²) in [5.41, 5.74) is 7.66. The van der Waals surface area contributed by atoms with E-state index in [1.54, 1.807) is 18.3 Å². The van der Waals surface area contributed by atoms with Crippen LogP contribution in [-0.4, -0.2) is 37.3 Å². The number of primary amides is 1. The standard InChI is InChI=1S/C14H13Cl2FN4OS/c15-9-1-2-11(12-5-19-23-20-12)8(3-9)6-21-7-10(17)4-14(21,16)13(18)22/h1-3,5,10H,4,6-7H2,(H2,18,22)/t10-,14+/m1/s1. The van der Waals surface area contributed by atoms with Crippen molar-refractivity contribution in [2.45, 2.75) is 24.1 Å². The molecule has 2 heterocycles. The third-order valence-corrected chi connectivity index (χ3v) is 5.15. The lowest BCUT2D eigenvalue weighted by atomic mass is 10.0. The highest BCUT2D eigenvalue weighted by atomic mass is 35.5. The minimum Gasteiger partial charge on any atom is -0.367 e. The molecule has 2 N–H and O–H groups in total. The van der Waals surface area contributed by atoms with Crippen molar-refractivity contribution < 1.29 is 9.18 Å². The van der Waals surface area contributed by atoms with Crippen LogP contribution in [0.4, 0.5) is 4.39 Å². The highest BCUT2D eigenvalue weighted by molar-refractivity contribution is 6.99. The Morgan fingerprint density at radius 1 is 1.57 bits per heavy atom. The Hall–Kier alpha value is -1.28. The molecule has 1 saturated heterocycles. The third kappa shape index (κ3) is 3.19. The molecule has 122 valence electrons. The molecule has 0 unspecified atom stereocenters. The fraction of sp³-hybridized carbons (Fsp3) is 0.357. The molecule has 23 heavy (non-hydrogen) atoms. The van der Waals surface area contributed by atoms with Gasteiger partial charge in [0, 0.05) is 30.1 Å². The molecule has 9 heteroatoms. The summed E-state index contributed by atoms with van der Waals surface area (Å²) in [4.78, 5) is 11.7. The van der Waals surface area contributed by atoms with Gasteiger partial charge in [-0.15, -0.1) is 0 Å². The Bertz CT molecular complexity index is 730. The second-order valence-electron chi connectivity index (χ2n) is 5.40. The maximum Gasteiger partial charge on any atom is 0.253 e. The average Bonchev–Trinajstić information content (AvgIpc) is 3.09. The molecule has 0 bridgehead atoms. The minimum atomic E-state index is -1.53. The quantitative estimate of drug-likeness (QED) is 0.659. The number of carbonyl (C=O) groups is 1. The van der Waals surface area contributed by atoms with Gasteiger partial charge in [-0.05, 0) is 17.7 Å². The van der Waals surface area contributed by atoms with Crippen LogP contribution >= 0.6 is 34.9 Å². The number of nitrogens with two attached hydrogens (primary N) is 1. The molecule has 1 aliphatic heterocycles. The lowest BCUT2D eigenvalue weighted by Gasteiger charge is -2.29. The zero-order valence-electron chi connectivity index (χ0n) is 11.9. The van der Waals surface area contributed by atoms with Gasteiger partial charge in [-0.1, -0.05) is 29.3 Å². The van der Waals surface area contributed by atoms with E-state index in [1.807, 2.05) is 6.07 Å². The molecule has 0 radical (unpaired) electrons. The van der Waals surface area contributed by atoms with Crippen LogP contribution in [0.1, 0.15) is 12.0 Å². The lowest BCUT2D eigenvalue weighted by Crippen LogP contribution is -2.49. The molecule has 1 aromatic carbocycles. The zero-order valence-corrected chi connectivity index (χ0v) is 14.2. The van der Waals surface area contributed by atoms with E-state index in [-0.39, 0.29) is 19.5 Å². The van der Waals surface area contributed by atoms with Crippen LogP contribution in [-0.2, 0) is 11.3 Å². The van der Waals surface area contributed by atoms with Gasteiger partial charge in [0.25, 0.3) is 5.91 Å². The molecular formula is C14H13Cl2FN4OS. The van der Waals surface area contributed by atoms with Gasteiger partial charge in [0.1, 0.15) is 11.9 Å². The number of rotatable bonds is 4. The van der Waals surface area contributed by atoms with Crippen molar-refractivity contribution in [1.82, 2.24) is 13.6 Å². The SMILES string of the molecule is NC(=O)[C@]1(Cl)C[C@@H](F)CN1Cc1cc(Cl)ccc1-c1cnsn1. The number of likely N-dealkylation sites (tertiary alicyclic amines) is 1. The highest BCUT2D eigenvalue weighted by Crippen LogP contribution is 2.37. The molecule has 1 fully saturated rings. The smallest absolute Gasteiger partial charge is 0.253 e. The average molecular weight is 375 g/mol.